The molecule has 0 saturated heterocycles. The fourth-order valence-electron chi connectivity index (χ4n) is 1.70. The number of carboxylic acid groups (broad SMARTS) is 1. The first-order chi connectivity index (χ1) is 8.66. The van der Waals surface area contributed by atoms with Crippen molar-refractivity contribution in [1.82, 2.24) is 14.8 Å². The second-order valence-corrected chi connectivity index (χ2v) is 3.90. The van der Waals surface area contributed by atoms with Gasteiger partial charge in [0, 0.05) is 13.0 Å². The van der Waals surface area contributed by atoms with E-state index in [0.29, 0.717) is 12.2 Å². The van der Waals surface area contributed by atoms with Crippen LogP contribution in [0.4, 0.5) is 0 Å². The van der Waals surface area contributed by atoms with Gasteiger partial charge in [0.05, 0.1) is 6.42 Å². The molecule has 0 spiro atoms. The maximum atomic E-state index is 11.5. The third-order valence-corrected chi connectivity index (χ3v) is 2.59. The van der Waals surface area contributed by atoms with Gasteiger partial charge in [-0.1, -0.05) is 30.3 Å². The van der Waals surface area contributed by atoms with Gasteiger partial charge in [-0.2, -0.15) is 5.10 Å². The van der Waals surface area contributed by atoms with E-state index in [1.165, 1.54) is 4.57 Å². The van der Waals surface area contributed by atoms with Gasteiger partial charge in [-0.25, -0.2) is 9.89 Å². The van der Waals surface area contributed by atoms with Crippen LogP contribution in [0.15, 0.2) is 35.1 Å². The second-order valence-electron chi connectivity index (χ2n) is 3.90. The van der Waals surface area contributed by atoms with E-state index in [0.717, 1.165) is 5.56 Å². The molecule has 18 heavy (non-hydrogen) atoms. The van der Waals surface area contributed by atoms with Gasteiger partial charge >= 0.3 is 11.7 Å². The van der Waals surface area contributed by atoms with Gasteiger partial charge < -0.3 is 5.11 Å². The van der Waals surface area contributed by atoms with Crippen molar-refractivity contribution >= 4 is 5.97 Å². The Kier molecular flexibility index (Phi) is 3.57. The van der Waals surface area contributed by atoms with Gasteiger partial charge in [0.25, 0.3) is 0 Å². The molecular formula is C12H13N3O3. The van der Waals surface area contributed by atoms with Crippen LogP contribution in [0.25, 0.3) is 0 Å². The number of aliphatic carboxylic acids is 1. The Labute approximate surface area is 103 Å². The lowest BCUT2D eigenvalue weighted by Gasteiger charge is -2.03. The van der Waals surface area contributed by atoms with Crippen molar-refractivity contribution in [2.75, 3.05) is 0 Å². The summed E-state index contributed by atoms with van der Waals surface area (Å²) >= 11 is 0. The van der Waals surface area contributed by atoms with Crippen LogP contribution in [-0.4, -0.2) is 25.8 Å². The highest BCUT2D eigenvalue weighted by atomic mass is 16.4. The third kappa shape index (κ3) is 2.85. The first-order valence-electron chi connectivity index (χ1n) is 5.56. The first kappa shape index (κ1) is 12.1. The van der Waals surface area contributed by atoms with Crippen molar-refractivity contribution in [2.24, 2.45) is 0 Å². The molecule has 2 aromatic rings. The molecular weight excluding hydrogens is 234 g/mol. The minimum absolute atomic E-state index is 0.0960. The lowest BCUT2D eigenvalue weighted by Crippen LogP contribution is -2.20. The average Bonchev–Trinajstić information content (AvgIpc) is 2.69. The minimum atomic E-state index is -0.936. The number of hydrogen-bond acceptors (Lipinski definition) is 3. The zero-order valence-electron chi connectivity index (χ0n) is 9.67. The summed E-state index contributed by atoms with van der Waals surface area (Å²) in [5, 5.41) is 14.9. The molecule has 1 aromatic carbocycles. The Hall–Kier alpha value is -2.37. The normalized spacial score (nSPS) is 10.4. The van der Waals surface area contributed by atoms with E-state index in [-0.39, 0.29) is 18.7 Å². The predicted molar refractivity (Wildman–Crippen MR) is 64.3 cm³/mol. The molecule has 0 atom stereocenters. The Morgan fingerprint density at radius 3 is 2.72 bits per heavy atom. The van der Waals surface area contributed by atoms with Crippen LogP contribution in [0.1, 0.15) is 17.8 Å². The Morgan fingerprint density at radius 1 is 1.33 bits per heavy atom. The fraction of sp³-hybridized carbons (Fsp3) is 0.250. The second kappa shape index (κ2) is 5.31. The maximum Gasteiger partial charge on any atom is 0.343 e. The van der Waals surface area contributed by atoms with Crippen LogP contribution in [0.3, 0.4) is 0 Å². The van der Waals surface area contributed by atoms with E-state index in [9.17, 15) is 9.59 Å². The number of rotatable bonds is 5. The van der Waals surface area contributed by atoms with E-state index < -0.39 is 5.97 Å². The quantitative estimate of drug-likeness (QED) is 0.811. The van der Waals surface area contributed by atoms with Crippen molar-refractivity contribution in [3.63, 3.8) is 0 Å². The smallest absolute Gasteiger partial charge is 0.343 e. The molecule has 0 fully saturated rings. The molecule has 2 rings (SSSR count). The minimum Gasteiger partial charge on any atom is -0.481 e. The van der Waals surface area contributed by atoms with E-state index in [4.69, 9.17) is 5.11 Å². The monoisotopic (exact) mass is 247 g/mol. The van der Waals surface area contributed by atoms with E-state index in [1.807, 2.05) is 30.3 Å². The molecule has 0 saturated carbocycles. The molecule has 6 heteroatoms. The molecule has 0 unspecified atom stereocenters. The van der Waals surface area contributed by atoms with Crippen molar-refractivity contribution in [2.45, 2.75) is 19.4 Å². The van der Waals surface area contributed by atoms with Crippen LogP contribution >= 0.6 is 0 Å². The predicted octanol–water partition coefficient (Wildman–Crippen LogP) is 0.637. The molecule has 1 aromatic heterocycles. The Bertz CT molecular complexity index is 586. The van der Waals surface area contributed by atoms with Gasteiger partial charge in [-0.3, -0.25) is 9.36 Å². The molecule has 0 aliphatic heterocycles. The largest absolute Gasteiger partial charge is 0.481 e. The van der Waals surface area contributed by atoms with Gasteiger partial charge in [0.15, 0.2) is 0 Å². The molecule has 0 aliphatic carbocycles. The number of H-pyrrole nitrogens is 1. The van der Waals surface area contributed by atoms with E-state index >= 15 is 0 Å². The van der Waals surface area contributed by atoms with Crippen LogP contribution in [0.2, 0.25) is 0 Å². The number of nitrogens with one attached hydrogen (secondary N) is 1. The summed E-state index contributed by atoms with van der Waals surface area (Å²) in [6, 6.07) is 9.58. The standard InChI is InChI=1S/C12H13N3O3/c16-11(17)6-7-15-10(13-14-12(15)18)8-9-4-2-1-3-5-9/h1-5H,6-8H2,(H,14,18)(H,16,17). The van der Waals surface area contributed by atoms with Crippen molar-refractivity contribution in [1.29, 1.82) is 0 Å². The highest BCUT2D eigenvalue weighted by Crippen LogP contribution is 2.05. The van der Waals surface area contributed by atoms with Gasteiger partial charge in [-0.05, 0) is 5.56 Å². The Morgan fingerprint density at radius 2 is 2.06 bits per heavy atom. The first-order valence-corrected chi connectivity index (χ1v) is 5.56. The number of benzene rings is 1. The summed E-state index contributed by atoms with van der Waals surface area (Å²) in [7, 11) is 0. The van der Waals surface area contributed by atoms with Crippen molar-refractivity contribution in [3.05, 3.63) is 52.2 Å². The van der Waals surface area contributed by atoms with Gasteiger partial charge in [-0.15, -0.1) is 0 Å². The zero-order valence-corrected chi connectivity index (χ0v) is 9.67. The lowest BCUT2D eigenvalue weighted by atomic mass is 10.1. The van der Waals surface area contributed by atoms with Crippen molar-refractivity contribution < 1.29 is 9.90 Å². The molecule has 0 amide bonds. The Balaban J connectivity index is 2.18. The van der Waals surface area contributed by atoms with Crippen LogP contribution in [0.5, 0.6) is 0 Å². The van der Waals surface area contributed by atoms with Gasteiger partial charge in [0.1, 0.15) is 5.82 Å². The summed E-state index contributed by atoms with van der Waals surface area (Å²) in [6.07, 6.45) is 0.403. The van der Waals surface area contributed by atoms with Crippen LogP contribution < -0.4 is 5.69 Å². The van der Waals surface area contributed by atoms with Gasteiger partial charge in [0.2, 0.25) is 0 Å². The summed E-state index contributed by atoms with van der Waals surface area (Å²) in [6.45, 7) is 0.132. The number of carboxylic acids is 1. The number of carbonyl (C=O) groups is 1. The number of aromatic nitrogens is 3. The number of nitrogens with zero attached hydrogens (tertiary/aromatic N) is 2. The average molecular weight is 247 g/mol. The highest BCUT2D eigenvalue weighted by molar-refractivity contribution is 5.66. The van der Waals surface area contributed by atoms with E-state index in [2.05, 4.69) is 10.2 Å². The SMILES string of the molecule is O=C(O)CCn1c(Cc2ccccc2)n[nH]c1=O. The molecule has 94 valence electrons. The molecule has 0 radical (unpaired) electrons. The fourth-order valence-corrected chi connectivity index (χ4v) is 1.70. The summed E-state index contributed by atoms with van der Waals surface area (Å²) in [5.41, 5.74) is 0.648. The zero-order chi connectivity index (χ0) is 13.0. The van der Waals surface area contributed by atoms with Crippen molar-refractivity contribution in [3.8, 4) is 0 Å². The summed E-state index contributed by atoms with van der Waals surface area (Å²) in [5.74, 6) is -0.388. The van der Waals surface area contributed by atoms with Crippen LogP contribution in [-0.2, 0) is 17.8 Å². The van der Waals surface area contributed by atoms with E-state index in [1.54, 1.807) is 0 Å². The lowest BCUT2D eigenvalue weighted by molar-refractivity contribution is -0.137. The molecule has 1 heterocycles. The number of aromatic amines is 1. The molecule has 0 bridgehead atoms. The van der Waals surface area contributed by atoms with Crippen LogP contribution in [0, 0.1) is 0 Å². The molecule has 2 N–H and O–H groups in total. The summed E-state index contributed by atoms with van der Waals surface area (Å²) < 4.78 is 1.36. The molecule has 6 nitrogen and oxygen atoms in total. The third-order valence-electron chi connectivity index (χ3n) is 2.59. The molecule has 0 aliphatic rings. The topological polar surface area (TPSA) is 88.0 Å². The summed E-state index contributed by atoms with van der Waals surface area (Å²) in [4.78, 5) is 22.0. The number of hydrogen-bond donors (Lipinski definition) is 2. The maximum absolute atomic E-state index is 11.5. The highest BCUT2D eigenvalue weighted by Gasteiger charge is 2.10.